The molecule has 1 fully saturated rings. The molecule has 7 rings (SSSR count). The lowest BCUT2D eigenvalue weighted by Gasteiger charge is -2.29. The first-order valence-corrected chi connectivity index (χ1v) is 19.8. The second-order valence-corrected chi connectivity index (χ2v) is 15.4. The predicted molar refractivity (Wildman–Crippen MR) is 218 cm³/mol. The van der Waals surface area contributed by atoms with Gasteiger partial charge >= 0.3 is 0 Å². The molecular weight excluding hydrogens is 743 g/mol. The summed E-state index contributed by atoms with van der Waals surface area (Å²) >= 11 is 1.59. The number of aromatic nitrogens is 4. The van der Waals surface area contributed by atoms with E-state index in [1.54, 1.807) is 41.8 Å². The fourth-order valence-electron chi connectivity index (χ4n) is 7.08. The lowest BCUT2D eigenvalue weighted by Crippen LogP contribution is -2.48. The topological polar surface area (TPSA) is 176 Å². The van der Waals surface area contributed by atoms with E-state index in [2.05, 4.69) is 31.0 Å². The number of likely N-dealkylation sites (tertiary alicyclic amines) is 1. The number of nitrogens with zero attached hydrogens (tertiary/aromatic N) is 5. The van der Waals surface area contributed by atoms with Gasteiger partial charge in [0.05, 0.1) is 40.1 Å². The number of benzene rings is 3. The molecule has 13 nitrogen and oxygen atoms in total. The summed E-state index contributed by atoms with van der Waals surface area (Å²) in [6.45, 7) is 8.47. The van der Waals surface area contributed by atoms with E-state index in [0.29, 0.717) is 23.6 Å². The Balaban J connectivity index is 0.924. The zero-order valence-corrected chi connectivity index (χ0v) is 32.9. The molecule has 3 aromatic carbocycles. The number of phenols is 1. The smallest absolute Gasteiger partial charge is 0.254 e. The summed E-state index contributed by atoms with van der Waals surface area (Å²) in [4.78, 5) is 34.6. The molecule has 3 aromatic heterocycles. The number of anilines is 1. The quantitative estimate of drug-likeness (QED) is 0.0836. The number of hydrogen-bond acceptors (Lipinski definition) is 12. The third-order valence-corrected chi connectivity index (χ3v) is 11.1. The molecule has 0 radical (unpaired) electrons. The van der Waals surface area contributed by atoms with Crippen LogP contribution < -0.4 is 15.4 Å². The third kappa shape index (κ3) is 8.97. The minimum absolute atomic E-state index is 0.0419. The monoisotopic (exact) mass is 787 g/mol. The van der Waals surface area contributed by atoms with Crippen molar-refractivity contribution in [3.8, 4) is 44.5 Å². The molecule has 0 bridgehead atoms. The molecule has 0 spiro atoms. The number of ether oxygens (including phenoxy) is 1. The average molecular weight is 788 g/mol. The highest BCUT2D eigenvalue weighted by atomic mass is 32.1. The first kappa shape index (κ1) is 39.1. The molecule has 4 N–H and O–H groups in total. The van der Waals surface area contributed by atoms with Crippen LogP contribution in [-0.4, -0.2) is 79.1 Å². The van der Waals surface area contributed by atoms with Gasteiger partial charge in [-0.05, 0) is 71.9 Å². The predicted octanol–water partition coefficient (Wildman–Crippen LogP) is 7.01. The Bertz CT molecular complexity index is 2310. The van der Waals surface area contributed by atoms with Gasteiger partial charge in [0, 0.05) is 42.4 Å². The van der Waals surface area contributed by atoms with E-state index in [9.17, 15) is 19.8 Å². The number of aromatic hydroxyl groups is 1. The van der Waals surface area contributed by atoms with Gasteiger partial charge in [-0.25, -0.2) is 4.98 Å². The molecule has 6 aromatic rings. The fraction of sp³-hybridized carbons (Fsp3) is 0.302. The molecule has 14 heteroatoms. The van der Waals surface area contributed by atoms with Crippen LogP contribution in [0.25, 0.3) is 32.8 Å². The molecule has 57 heavy (non-hydrogen) atoms. The zero-order chi connectivity index (χ0) is 40.1. The Kier molecular flexibility index (Phi) is 11.9. The van der Waals surface area contributed by atoms with Crippen molar-refractivity contribution >= 4 is 28.8 Å². The van der Waals surface area contributed by atoms with E-state index in [-0.39, 0.29) is 55.0 Å². The maximum atomic E-state index is 14.1. The van der Waals surface area contributed by atoms with Crippen LogP contribution in [0.15, 0.2) is 101 Å². The number of thiazole rings is 1. The number of carbonyl (C=O) groups excluding carboxylic acids is 2. The van der Waals surface area contributed by atoms with Gasteiger partial charge in [-0.3, -0.25) is 9.59 Å². The molecule has 1 aliphatic rings. The van der Waals surface area contributed by atoms with Crippen LogP contribution >= 0.6 is 11.3 Å². The minimum atomic E-state index is -0.836. The van der Waals surface area contributed by atoms with Gasteiger partial charge in [0.2, 0.25) is 11.8 Å². The number of hydrogen-bond donors (Lipinski definition) is 4. The van der Waals surface area contributed by atoms with Crippen LogP contribution in [0.5, 0.6) is 11.6 Å². The van der Waals surface area contributed by atoms with Crippen LogP contribution in [0.4, 0.5) is 5.69 Å². The van der Waals surface area contributed by atoms with E-state index in [4.69, 9.17) is 9.26 Å². The zero-order valence-electron chi connectivity index (χ0n) is 32.1. The van der Waals surface area contributed by atoms with E-state index >= 15 is 0 Å². The summed E-state index contributed by atoms with van der Waals surface area (Å²) in [5, 5.41) is 39.6. The molecule has 4 atom stereocenters. The van der Waals surface area contributed by atoms with Crippen molar-refractivity contribution < 1.29 is 29.1 Å². The standard InChI is InChI=1S/C43H45N7O6S/c1-25(2)40(43(54)50-23-33(51)20-36(50)42(53)47-26(3)28-9-11-30(12-10-28)41-27(4)45-24-57-41)38-21-39(49-56-38)55-18-17-44-32-15-13-29(14-16-32)31-19-35(48-46-22-31)34-7-5-6-8-37(34)52/h5-16,19,21-22,24-26,33,36,40,44,51-52H,17-18,20,23H2,1-4H3,(H,47,53)/t26-,33+,36-,40?/m0/s1. The van der Waals surface area contributed by atoms with Gasteiger partial charge in [0.15, 0.2) is 5.76 Å². The summed E-state index contributed by atoms with van der Waals surface area (Å²) in [6.07, 6.45) is 0.990. The third-order valence-electron chi connectivity index (χ3n) is 10.1. The number of carbonyl (C=O) groups is 2. The van der Waals surface area contributed by atoms with Gasteiger partial charge in [0.25, 0.3) is 5.88 Å². The first-order valence-electron chi connectivity index (χ1n) is 18.9. The lowest BCUT2D eigenvalue weighted by atomic mass is 9.91. The normalized spacial score (nSPS) is 16.4. The number of amides is 2. The van der Waals surface area contributed by atoms with Gasteiger partial charge < -0.3 is 35.0 Å². The van der Waals surface area contributed by atoms with Crippen molar-refractivity contribution in [3.63, 3.8) is 0 Å². The Hall–Kier alpha value is -6.12. The highest BCUT2D eigenvalue weighted by Gasteiger charge is 2.43. The number of nitrogens with one attached hydrogen (secondary N) is 2. The number of aryl methyl sites for hydroxylation is 1. The molecule has 0 saturated carbocycles. The summed E-state index contributed by atoms with van der Waals surface area (Å²) < 4.78 is 11.5. The van der Waals surface area contributed by atoms with Crippen LogP contribution in [0, 0.1) is 12.8 Å². The largest absolute Gasteiger partial charge is 0.507 e. The van der Waals surface area contributed by atoms with E-state index < -0.39 is 18.1 Å². The SMILES string of the molecule is Cc1ncsc1-c1ccc([C@H](C)NC(=O)[C@@H]2C[C@@H](O)CN2C(=O)C(c2cc(OCCNc3ccc(-c4cnnc(-c5ccccc5O)c4)cc3)no2)C(C)C)cc1. The molecular formula is C43H45N7O6S. The molecule has 1 saturated heterocycles. The van der Waals surface area contributed by atoms with Crippen molar-refractivity contribution in [1.82, 2.24) is 30.6 Å². The lowest BCUT2D eigenvalue weighted by molar-refractivity contribution is -0.141. The van der Waals surface area contributed by atoms with Crippen molar-refractivity contribution in [2.24, 2.45) is 5.92 Å². The Morgan fingerprint density at radius 2 is 1.75 bits per heavy atom. The average Bonchev–Trinajstić information content (AvgIpc) is 3.97. The molecule has 1 aliphatic heterocycles. The number of aliphatic hydroxyl groups excluding tert-OH is 1. The fourth-order valence-corrected chi connectivity index (χ4v) is 7.89. The summed E-state index contributed by atoms with van der Waals surface area (Å²) in [5.41, 5.74) is 8.68. The maximum absolute atomic E-state index is 14.1. The number of aliphatic hydroxyl groups is 1. The number of rotatable bonds is 14. The van der Waals surface area contributed by atoms with Crippen molar-refractivity contribution in [2.45, 2.75) is 58.2 Å². The van der Waals surface area contributed by atoms with Crippen LogP contribution in [-0.2, 0) is 9.59 Å². The Morgan fingerprint density at radius 1 is 1.00 bits per heavy atom. The van der Waals surface area contributed by atoms with E-state index in [1.165, 1.54) is 4.90 Å². The van der Waals surface area contributed by atoms with Crippen LogP contribution in [0.3, 0.4) is 0 Å². The van der Waals surface area contributed by atoms with Crippen molar-refractivity contribution in [2.75, 3.05) is 25.0 Å². The van der Waals surface area contributed by atoms with E-state index in [1.807, 2.05) is 93.9 Å². The molecule has 294 valence electrons. The Morgan fingerprint density at radius 3 is 2.47 bits per heavy atom. The van der Waals surface area contributed by atoms with Crippen LogP contribution in [0.1, 0.15) is 56.2 Å². The molecule has 4 heterocycles. The van der Waals surface area contributed by atoms with Crippen LogP contribution in [0.2, 0.25) is 0 Å². The second-order valence-electron chi connectivity index (χ2n) is 14.5. The molecule has 0 aliphatic carbocycles. The summed E-state index contributed by atoms with van der Waals surface area (Å²) in [6, 6.07) is 25.2. The minimum Gasteiger partial charge on any atom is -0.507 e. The van der Waals surface area contributed by atoms with Gasteiger partial charge in [-0.15, -0.1) is 11.3 Å². The summed E-state index contributed by atoms with van der Waals surface area (Å²) in [5.74, 6) is -0.855. The number of phenolic OH excluding ortho intramolecular Hbond substituents is 1. The summed E-state index contributed by atoms with van der Waals surface area (Å²) in [7, 11) is 0. The number of β-amino-alcohol motifs (C(OH)–C–C–N with tert-alkyl or cyclic N) is 1. The van der Waals surface area contributed by atoms with E-state index in [0.717, 1.165) is 38.5 Å². The molecule has 1 unspecified atom stereocenters. The highest BCUT2D eigenvalue weighted by Crippen LogP contribution is 2.34. The Labute approximate surface area is 334 Å². The molecule has 2 amide bonds. The highest BCUT2D eigenvalue weighted by molar-refractivity contribution is 7.13. The van der Waals surface area contributed by atoms with Crippen molar-refractivity contribution in [3.05, 3.63) is 114 Å². The van der Waals surface area contributed by atoms with Gasteiger partial charge in [-0.2, -0.15) is 10.2 Å². The second kappa shape index (κ2) is 17.3. The first-order chi connectivity index (χ1) is 27.5. The van der Waals surface area contributed by atoms with Crippen molar-refractivity contribution in [1.29, 1.82) is 0 Å². The van der Waals surface area contributed by atoms with Gasteiger partial charge in [0.1, 0.15) is 24.3 Å². The maximum Gasteiger partial charge on any atom is 0.254 e. The number of para-hydroxylation sites is 1. The van der Waals surface area contributed by atoms with Gasteiger partial charge in [-0.1, -0.05) is 62.4 Å².